The van der Waals surface area contributed by atoms with Crippen LogP contribution in [0.4, 0.5) is 0 Å². The van der Waals surface area contributed by atoms with E-state index in [-0.39, 0.29) is 35.8 Å². The molecule has 6 heteroatoms. The Morgan fingerprint density at radius 2 is 2.03 bits per heavy atom. The van der Waals surface area contributed by atoms with E-state index < -0.39 is 0 Å². The van der Waals surface area contributed by atoms with Gasteiger partial charge in [-0.1, -0.05) is 19.1 Å². The lowest BCUT2D eigenvalue weighted by Gasteiger charge is -2.34. The molecular weight excluding hydrogens is 382 g/mol. The molecule has 1 aromatic carbocycles. The van der Waals surface area contributed by atoms with Gasteiger partial charge >= 0.3 is 5.97 Å². The highest BCUT2D eigenvalue weighted by atomic mass is 16.6. The van der Waals surface area contributed by atoms with Crippen LogP contribution in [0.15, 0.2) is 24.3 Å². The fourth-order valence-corrected chi connectivity index (χ4v) is 4.37. The van der Waals surface area contributed by atoms with Crippen LogP contribution in [0.1, 0.15) is 57.1 Å². The van der Waals surface area contributed by atoms with Gasteiger partial charge in [-0.05, 0) is 45.1 Å². The Hall–Kier alpha value is -2.34. The van der Waals surface area contributed by atoms with Crippen LogP contribution in [0.5, 0.6) is 11.5 Å². The molecule has 0 amide bonds. The highest BCUT2D eigenvalue weighted by Gasteiger charge is 2.49. The molecule has 1 aliphatic carbocycles. The molecule has 0 saturated heterocycles. The summed E-state index contributed by atoms with van der Waals surface area (Å²) in [4.78, 5) is 25.8. The zero-order valence-corrected chi connectivity index (χ0v) is 18.7. The first-order valence-electron chi connectivity index (χ1n) is 10.7. The Morgan fingerprint density at radius 1 is 1.27 bits per heavy atom. The van der Waals surface area contributed by atoms with Gasteiger partial charge in [0.1, 0.15) is 18.0 Å². The van der Waals surface area contributed by atoms with Gasteiger partial charge in [-0.15, -0.1) is 0 Å². The molecule has 3 rings (SSSR count). The summed E-state index contributed by atoms with van der Waals surface area (Å²) in [6.07, 6.45) is 5.97. The summed E-state index contributed by atoms with van der Waals surface area (Å²) in [5.74, 6) is 1.43. The van der Waals surface area contributed by atoms with Crippen molar-refractivity contribution in [2.75, 3.05) is 21.2 Å². The van der Waals surface area contributed by atoms with Gasteiger partial charge < -0.3 is 19.1 Å². The summed E-state index contributed by atoms with van der Waals surface area (Å²) in [5.41, 5.74) is 2.06. The van der Waals surface area contributed by atoms with Crippen molar-refractivity contribution in [1.82, 2.24) is 4.90 Å². The average molecular weight is 416 g/mol. The van der Waals surface area contributed by atoms with E-state index >= 15 is 0 Å². The standard InChI is InChI=1S/C24H33NO5/c1-6-17(26)8-7-9-21(27)29-18-12-13-24(2)20(14-18)30-23-19(28-5)11-10-16(22(23)24)15-25(3)4/h10-13,18,20H,6-9,14-15H2,1-5H3. The topological polar surface area (TPSA) is 65.1 Å². The van der Waals surface area contributed by atoms with Crippen LogP contribution in [-0.2, 0) is 26.3 Å². The number of ether oxygens (including phenoxy) is 3. The molecule has 0 spiro atoms. The van der Waals surface area contributed by atoms with Gasteiger partial charge in [-0.25, -0.2) is 0 Å². The SMILES string of the molecule is CCC(=O)CCCC(=O)OC1C=CC2(C)c3c(CN(C)C)ccc(OC)c3OC2C1. The summed E-state index contributed by atoms with van der Waals surface area (Å²) in [6, 6.07) is 4.06. The van der Waals surface area contributed by atoms with E-state index in [1.165, 1.54) is 5.56 Å². The van der Waals surface area contributed by atoms with E-state index in [0.29, 0.717) is 25.7 Å². The van der Waals surface area contributed by atoms with Crippen LogP contribution in [0.3, 0.4) is 0 Å². The van der Waals surface area contributed by atoms with Gasteiger partial charge in [-0.2, -0.15) is 0 Å². The molecule has 1 aliphatic heterocycles. The summed E-state index contributed by atoms with van der Waals surface area (Å²) in [7, 11) is 5.75. The third-order valence-electron chi connectivity index (χ3n) is 6.00. The van der Waals surface area contributed by atoms with E-state index in [0.717, 1.165) is 23.6 Å². The Bertz CT molecular complexity index is 831. The normalized spacial score (nSPS) is 24.2. The number of rotatable bonds is 9. The highest BCUT2D eigenvalue weighted by molar-refractivity contribution is 5.78. The molecule has 0 fully saturated rings. The number of esters is 1. The van der Waals surface area contributed by atoms with Gasteiger partial charge in [0.25, 0.3) is 0 Å². The van der Waals surface area contributed by atoms with Crippen molar-refractivity contribution in [1.29, 1.82) is 0 Å². The maximum atomic E-state index is 12.2. The molecule has 30 heavy (non-hydrogen) atoms. The van der Waals surface area contributed by atoms with Crippen LogP contribution < -0.4 is 9.47 Å². The second-order valence-electron chi connectivity index (χ2n) is 8.63. The number of hydrogen-bond donors (Lipinski definition) is 0. The maximum Gasteiger partial charge on any atom is 0.306 e. The summed E-state index contributed by atoms with van der Waals surface area (Å²) < 4.78 is 17.6. The minimum atomic E-state index is -0.324. The zero-order valence-electron chi connectivity index (χ0n) is 18.7. The second kappa shape index (κ2) is 9.21. The van der Waals surface area contributed by atoms with Crippen LogP contribution in [0.2, 0.25) is 0 Å². The largest absolute Gasteiger partial charge is 0.493 e. The molecule has 0 radical (unpaired) electrons. The van der Waals surface area contributed by atoms with Crippen molar-refractivity contribution in [3.05, 3.63) is 35.4 Å². The van der Waals surface area contributed by atoms with Gasteiger partial charge in [-0.3, -0.25) is 9.59 Å². The molecule has 3 unspecified atom stereocenters. The predicted molar refractivity (Wildman–Crippen MR) is 115 cm³/mol. The molecule has 0 saturated carbocycles. The highest BCUT2D eigenvalue weighted by Crippen LogP contribution is 2.53. The number of Topliss-reactive ketones (excluding diaryl/α,β-unsaturated/α-hetero) is 1. The van der Waals surface area contributed by atoms with Crippen molar-refractivity contribution in [3.8, 4) is 11.5 Å². The fourth-order valence-electron chi connectivity index (χ4n) is 4.37. The van der Waals surface area contributed by atoms with Crippen molar-refractivity contribution in [3.63, 3.8) is 0 Å². The number of nitrogens with zero attached hydrogens (tertiary/aromatic N) is 1. The van der Waals surface area contributed by atoms with Gasteiger partial charge in [0, 0.05) is 37.8 Å². The number of carbonyl (C=O) groups is 2. The molecule has 164 valence electrons. The lowest BCUT2D eigenvalue weighted by Crippen LogP contribution is -2.41. The molecule has 0 N–H and O–H groups in total. The number of carbonyl (C=O) groups excluding carboxylic acids is 2. The third kappa shape index (κ3) is 4.53. The number of fused-ring (bicyclic) bond motifs is 3. The lowest BCUT2D eigenvalue weighted by molar-refractivity contribution is -0.148. The number of methoxy groups -OCH3 is 1. The molecule has 0 bridgehead atoms. The molecule has 6 nitrogen and oxygen atoms in total. The lowest BCUT2D eigenvalue weighted by atomic mass is 9.72. The maximum absolute atomic E-state index is 12.2. The smallest absolute Gasteiger partial charge is 0.306 e. The second-order valence-corrected chi connectivity index (χ2v) is 8.63. The van der Waals surface area contributed by atoms with Crippen LogP contribution in [0, 0.1) is 0 Å². The Morgan fingerprint density at radius 3 is 2.70 bits per heavy atom. The van der Waals surface area contributed by atoms with E-state index in [1.54, 1.807) is 7.11 Å². The van der Waals surface area contributed by atoms with Crippen LogP contribution >= 0.6 is 0 Å². The number of benzene rings is 1. The van der Waals surface area contributed by atoms with Crippen molar-refractivity contribution in [2.24, 2.45) is 0 Å². The molecule has 3 atom stereocenters. The number of ketones is 1. The van der Waals surface area contributed by atoms with Crippen molar-refractivity contribution < 1.29 is 23.8 Å². The first kappa shape index (κ1) is 22.3. The van der Waals surface area contributed by atoms with Crippen molar-refractivity contribution in [2.45, 2.75) is 70.1 Å². The van der Waals surface area contributed by atoms with Crippen LogP contribution in [-0.4, -0.2) is 50.1 Å². The third-order valence-corrected chi connectivity index (χ3v) is 6.00. The number of hydrogen-bond acceptors (Lipinski definition) is 6. The molecular formula is C24H33NO5. The quantitative estimate of drug-likeness (QED) is 0.452. The fraction of sp³-hybridized carbons (Fsp3) is 0.583. The summed E-state index contributed by atoms with van der Waals surface area (Å²) >= 11 is 0. The van der Waals surface area contributed by atoms with Gasteiger partial charge in [0.05, 0.1) is 12.5 Å². The van der Waals surface area contributed by atoms with Crippen LogP contribution in [0.25, 0.3) is 0 Å². The molecule has 2 aliphatic rings. The average Bonchev–Trinajstić information content (AvgIpc) is 3.00. The minimum Gasteiger partial charge on any atom is -0.493 e. The van der Waals surface area contributed by atoms with Gasteiger partial charge in [0.15, 0.2) is 11.5 Å². The van der Waals surface area contributed by atoms with Crippen molar-refractivity contribution >= 4 is 11.8 Å². The summed E-state index contributed by atoms with van der Waals surface area (Å²) in [6.45, 7) is 4.82. The van der Waals surface area contributed by atoms with E-state index in [4.69, 9.17) is 14.2 Å². The van der Waals surface area contributed by atoms with Gasteiger partial charge in [0.2, 0.25) is 0 Å². The monoisotopic (exact) mass is 415 g/mol. The Balaban J connectivity index is 1.74. The van der Waals surface area contributed by atoms with E-state index in [2.05, 4.69) is 24.0 Å². The zero-order chi connectivity index (χ0) is 21.9. The minimum absolute atomic E-state index is 0.130. The molecule has 1 heterocycles. The summed E-state index contributed by atoms with van der Waals surface area (Å²) in [5, 5.41) is 0. The predicted octanol–water partition coefficient (Wildman–Crippen LogP) is 3.80. The van der Waals surface area contributed by atoms with E-state index in [1.807, 2.05) is 33.2 Å². The Kier molecular flexibility index (Phi) is 6.86. The first-order valence-corrected chi connectivity index (χ1v) is 10.7. The Labute approximate surface area is 179 Å². The molecule has 0 aromatic heterocycles. The first-order chi connectivity index (χ1) is 14.3. The van der Waals surface area contributed by atoms with E-state index in [9.17, 15) is 9.59 Å². The molecule has 1 aromatic rings.